The Morgan fingerprint density at radius 3 is 1.73 bits per heavy atom. The molecule has 1 atom stereocenters. The van der Waals surface area contributed by atoms with Gasteiger partial charge in [-0.2, -0.15) is 0 Å². The summed E-state index contributed by atoms with van der Waals surface area (Å²) in [6, 6.07) is 1.28. The van der Waals surface area contributed by atoms with Gasteiger partial charge in [-0.05, 0) is 38.4 Å². The third-order valence-electron chi connectivity index (χ3n) is 3.13. The maximum absolute atomic E-state index is 6.43. The van der Waals surface area contributed by atoms with Gasteiger partial charge < -0.3 is 4.43 Å². The van der Waals surface area contributed by atoms with Gasteiger partial charge in [0, 0.05) is 5.60 Å². The van der Waals surface area contributed by atoms with Crippen LogP contribution in [0.15, 0.2) is 0 Å². The SMILES string of the molecule is CCCC[Si](C)(OC(C)(C)C)C(C)(C)C. The minimum atomic E-state index is -1.61. The van der Waals surface area contributed by atoms with Crippen molar-refractivity contribution >= 4 is 8.32 Å². The highest BCUT2D eigenvalue weighted by atomic mass is 28.4. The lowest BCUT2D eigenvalue weighted by Gasteiger charge is -2.44. The van der Waals surface area contributed by atoms with E-state index in [0.717, 1.165) is 0 Å². The van der Waals surface area contributed by atoms with Gasteiger partial charge in [0.15, 0.2) is 8.32 Å². The lowest BCUT2D eigenvalue weighted by atomic mass is 10.2. The van der Waals surface area contributed by atoms with E-state index in [4.69, 9.17) is 4.43 Å². The van der Waals surface area contributed by atoms with E-state index >= 15 is 0 Å². The zero-order valence-corrected chi connectivity index (χ0v) is 13.0. The van der Waals surface area contributed by atoms with Crippen LogP contribution in [0.25, 0.3) is 0 Å². The van der Waals surface area contributed by atoms with Gasteiger partial charge in [-0.25, -0.2) is 0 Å². The number of unbranched alkanes of at least 4 members (excludes halogenated alkanes) is 1. The van der Waals surface area contributed by atoms with Crippen LogP contribution >= 0.6 is 0 Å². The van der Waals surface area contributed by atoms with Gasteiger partial charge in [0.05, 0.1) is 0 Å². The Morgan fingerprint density at radius 2 is 1.47 bits per heavy atom. The largest absolute Gasteiger partial charge is 0.412 e. The Labute approximate surface area is 97.7 Å². The minimum Gasteiger partial charge on any atom is -0.412 e. The van der Waals surface area contributed by atoms with E-state index in [1.807, 2.05) is 0 Å². The summed E-state index contributed by atoms with van der Waals surface area (Å²) in [5.74, 6) is 0. The molecule has 2 heteroatoms. The van der Waals surface area contributed by atoms with Crippen LogP contribution in [0.2, 0.25) is 17.6 Å². The van der Waals surface area contributed by atoms with Gasteiger partial charge in [0.1, 0.15) is 0 Å². The Kier molecular flexibility index (Phi) is 5.06. The second-order valence-electron chi connectivity index (χ2n) is 6.80. The zero-order chi connectivity index (χ0) is 12.3. The molecule has 0 aliphatic carbocycles. The molecule has 0 aromatic rings. The first kappa shape index (κ1) is 15.2. The Bertz CT molecular complexity index is 188. The molecule has 0 rings (SSSR count). The quantitative estimate of drug-likeness (QED) is 0.619. The summed E-state index contributed by atoms with van der Waals surface area (Å²) in [4.78, 5) is 0. The van der Waals surface area contributed by atoms with Crippen molar-refractivity contribution in [3.8, 4) is 0 Å². The molecule has 0 radical (unpaired) electrons. The molecular formula is C13H30OSi. The predicted octanol–water partition coefficient (Wildman–Crippen LogP) is 4.98. The second-order valence-corrected chi connectivity index (χ2v) is 11.5. The van der Waals surface area contributed by atoms with Gasteiger partial charge in [-0.1, -0.05) is 40.5 Å². The lowest BCUT2D eigenvalue weighted by molar-refractivity contribution is 0.109. The Hall–Kier alpha value is 0.177. The summed E-state index contributed by atoms with van der Waals surface area (Å²) in [7, 11) is -1.61. The Morgan fingerprint density at radius 1 is 1.00 bits per heavy atom. The molecule has 0 amide bonds. The number of rotatable bonds is 4. The standard InChI is InChI=1S/C13H30OSi/c1-9-10-11-15(8,13(5,6)7)14-12(2,3)4/h9-11H2,1-8H3. The molecule has 1 unspecified atom stereocenters. The molecule has 0 aliphatic heterocycles. The smallest absolute Gasteiger partial charge is 0.195 e. The zero-order valence-electron chi connectivity index (χ0n) is 12.0. The molecular weight excluding hydrogens is 200 g/mol. The summed E-state index contributed by atoms with van der Waals surface area (Å²) in [6.07, 6.45) is 2.57. The van der Waals surface area contributed by atoms with Crippen LogP contribution < -0.4 is 0 Å². The highest BCUT2D eigenvalue weighted by Gasteiger charge is 2.43. The third kappa shape index (κ3) is 5.16. The average Bonchev–Trinajstić information content (AvgIpc) is 1.95. The monoisotopic (exact) mass is 230 g/mol. The third-order valence-corrected chi connectivity index (χ3v) is 8.67. The molecule has 0 fully saturated rings. The Balaban J connectivity index is 4.71. The van der Waals surface area contributed by atoms with Crippen LogP contribution in [-0.4, -0.2) is 13.9 Å². The van der Waals surface area contributed by atoms with Crippen LogP contribution in [0.5, 0.6) is 0 Å². The van der Waals surface area contributed by atoms with Gasteiger partial charge >= 0.3 is 0 Å². The van der Waals surface area contributed by atoms with Gasteiger partial charge in [0.25, 0.3) is 0 Å². The molecule has 0 heterocycles. The van der Waals surface area contributed by atoms with E-state index in [-0.39, 0.29) is 5.60 Å². The summed E-state index contributed by atoms with van der Waals surface area (Å²) in [6.45, 7) is 18.2. The first-order valence-corrected chi connectivity index (χ1v) is 8.83. The summed E-state index contributed by atoms with van der Waals surface area (Å²) >= 11 is 0. The van der Waals surface area contributed by atoms with Gasteiger partial charge in [-0.15, -0.1) is 0 Å². The summed E-state index contributed by atoms with van der Waals surface area (Å²) < 4.78 is 6.43. The topological polar surface area (TPSA) is 9.23 Å². The molecule has 0 saturated carbocycles. The number of hydrogen-bond acceptors (Lipinski definition) is 1. The average molecular weight is 230 g/mol. The fourth-order valence-electron chi connectivity index (χ4n) is 1.77. The molecule has 0 saturated heterocycles. The lowest BCUT2D eigenvalue weighted by Crippen LogP contribution is -2.48. The van der Waals surface area contributed by atoms with Gasteiger partial charge in [0.2, 0.25) is 0 Å². The van der Waals surface area contributed by atoms with E-state index < -0.39 is 8.32 Å². The van der Waals surface area contributed by atoms with E-state index in [1.165, 1.54) is 18.9 Å². The molecule has 15 heavy (non-hydrogen) atoms. The van der Waals surface area contributed by atoms with Crippen molar-refractivity contribution in [1.82, 2.24) is 0 Å². The maximum atomic E-state index is 6.43. The van der Waals surface area contributed by atoms with E-state index in [9.17, 15) is 0 Å². The van der Waals surface area contributed by atoms with Crippen molar-refractivity contribution in [1.29, 1.82) is 0 Å². The molecule has 0 spiro atoms. The first-order valence-electron chi connectivity index (χ1n) is 6.22. The second kappa shape index (κ2) is 5.01. The van der Waals surface area contributed by atoms with Crippen LogP contribution in [0, 0.1) is 0 Å². The molecule has 0 N–H and O–H groups in total. The van der Waals surface area contributed by atoms with Crippen molar-refractivity contribution in [3.05, 3.63) is 0 Å². The fourth-order valence-corrected chi connectivity index (χ4v) is 5.31. The molecule has 92 valence electrons. The maximum Gasteiger partial charge on any atom is 0.195 e. The molecule has 0 aliphatic rings. The molecule has 0 bridgehead atoms. The molecule has 0 aromatic heterocycles. The van der Waals surface area contributed by atoms with Crippen molar-refractivity contribution in [2.75, 3.05) is 0 Å². The van der Waals surface area contributed by atoms with Crippen LogP contribution in [-0.2, 0) is 4.43 Å². The predicted molar refractivity (Wildman–Crippen MR) is 71.9 cm³/mol. The van der Waals surface area contributed by atoms with Crippen molar-refractivity contribution < 1.29 is 4.43 Å². The van der Waals surface area contributed by atoms with Crippen LogP contribution in [0.3, 0.4) is 0 Å². The van der Waals surface area contributed by atoms with Gasteiger partial charge in [-0.3, -0.25) is 0 Å². The highest BCUT2D eigenvalue weighted by Crippen LogP contribution is 2.42. The van der Waals surface area contributed by atoms with Crippen molar-refractivity contribution in [2.45, 2.75) is 84.5 Å². The number of hydrogen-bond donors (Lipinski definition) is 0. The highest BCUT2D eigenvalue weighted by molar-refractivity contribution is 6.75. The molecule has 1 nitrogen and oxygen atoms in total. The van der Waals surface area contributed by atoms with Crippen LogP contribution in [0.4, 0.5) is 0 Å². The van der Waals surface area contributed by atoms with E-state index in [1.54, 1.807) is 0 Å². The fraction of sp³-hybridized carbons (Fsp3) is 1.00. The summed E-state index contributed by atoms with van der Waals surface area (Å²) in [5.41, 5.74) is 0.00198. The van der Waals surface area contributed by atoms with Crippen LogP contribution in [0.1, 0.15) is 61.3 Å². The van der Waals surface area contributed by atoms with Crippen molar-refractivity contribution in [3.63, 3.8) is 0 Å². The summed E-state index contributed by atoms with van der Waals surface area (Å²) in [5, 5.41) is 0.329. The van der Waals surface area contributed by atoms with Crippen molar-refractivity contribution in [2.24, 2.45) is 0 Å². The van der Waals surface area contributed by atoms with E-state index in [2.05, 4.69) is 55.0 Å². The normalized spacial score (nSPS) is 17.6. The first-order chi connectivity index (χ1) is 6.52. The van der Waals surface area contributed by atoms with E-state index in [0.29, 0.717) is 5.04 Å². The molecule has 0 aromatic carbocycles. The minimum absolute atomic E-state index is 0.00198.